The zero-order chi connectivity index (χ0) is 16.0. The summed E-state index contributed by atoms with van der Waals surface area (Å²) in [4.78, 5) is 11.8. The standard InChI is InChI=1S/C13H21N3O3S2/c1-9-6-10(2)8-11(7-9)21(18,19)16-12(4-5-20-3)13(17)15-14/h6-8,12,16H,4-5,14H2,1-3H3,(H,15,17)/t12-/m1/s1. The Kier molecular flexibility index (Phi) is 6.66. The Morgan fingerprint density at radius 3 is 2.33 bits per heavy atom. The first-order valence-corrected chi connectivity index (χ1v) is 9.28. The third kappa shape index (κ3) is 5.31. The number of amides is 1. The van der Waals surface area contributed by atoms with E-state index in [1.54, 1.807) is 12.1 Å². The predicted octanol–water partition coefficient (Wildman–Crippen LogP) is 0.693. The van der Waals surface area contributed by atoms with Gasteiger partial charge in [-0.2, -0.15) is 16.5 Å². The molecule has 0 spiro atoms. The van der Waals surface area contributed by atoms with E-state index in [4.69, 9.17) is 5.84 Å². The number of rotatable bonds is 7. The first-order chi connectivity index (χ1) is 9.80. The number of sulfonamides is 1. The number of nitrogens with two attached hydrogens (primary N) is 1. The summed E-state index contributed by atoms with van der Waals surface area (Å²) in [5.74, 6) is 5.21. The van der Waals surface area contributed by atoms with E-state index >= 15 is 0 Å². The average Bonchev–Trinajstić information content (AvgIpc) is 2.41. The molecular formula is C13H21N3O3S2. The van der Waals surface area contributed by atoms with Crippen LogP contribution in [0.4, 0.5) is 0 Å². The molecule has 0 unspecified atom stereocenters. The van der Waals surface area contributed by atoms with Crippen LogP contribution in [0.5, 0.6) is 0 Å². The van der Waals surface area contributed by atoms with Crippen LogP contribution in [0.2, 0.25) is 0 Å². The van der Waals surface area contributed by atoms with Crippen molar-refractivity contribution in [2.24, 2.45) is 5.84 Å². The zero-order valence-corrected chi connectivity index (χ0v) is 14.0. The maximum absolute atomic E-state index is 12.4. The van der Waals surface area contributed by atoms with Gasteiger partial charge in [0, 0.05) is 0 Å². The molecule has 1 aromatic carbocycles. The largest absolute Gasteiger partial charge is 0.293 e. The fourth-order valence-corrected chi connectivity index (χ4v) is 3.81. The van der Waals surface area contributed by atoms with Crippen molar-refractivity contribution in [3.63, 3.8) is 0 Å². The molecule has 0 bridgehead atoms. The summed E-state index contributed by atoms with van der Waals surface area (Å²) in [6, 6.07) is 4.15. The number of thioether (sulfide) groups is 1. The van der Waals surface area contributed by atoms with Crippen LogP contribution in [-0.4, -0.2) is 32.4 Å². The number of hydrogen-bond donors (Lipinski definition) is 3. The minimum atomic E-state index is -3.77. The second kappa shape index (κ2) is 7.79. The number of aryl methyl sites for hydroxylation is 2. The minimum absolute atomic E-state index is 0.152. The maximum Gasteiger partial charge on any atom is 0.252 e. The predicted molar refractivity (Wildman–Crippen MR) is 85.4 cm³/mol. The van der Waals surface area contributed by atoms with Gasteiger partial charge in [0.15, 0.2) is 0 Å². The monoisotopic (exact) mass is 331 g/mol. The highest BCUT2D eigenvalue weighted by atomic mass is 32.2. The lowest BCUT2D eigenvalue weighted by Crippen LogP contribution is -2.49. The summed E-state index contributed by atoms with van der Waals surface area (Å²) < 4.78 is 27.2. The van der Waals surface area contributed by atoms with Gasteiger partial charge in [0.05, 0.1) is 4.90 Å². The van der Waals surface area contributed by atoms with Gasteiger partial charge in [-0.1, -0.05) is 6.07 Å². The van der Waals surface area contributed by atoms with Gasteiger partial charge < -0.3 is 0 Å². The van der Waals surface area contributed by atoms with E-state index in [1.807, 2.05) is 31.6 Å². The molecule has 0 heterocycles. The number of benzene rings is 1. The van der Waals surface area contributed by atoms with Crippen LogP contribution in [0.15, 0.2) is 23.1 Å². The van der Waals surface area contributed by atoms with E-state index in [9.17, 15) is 13.2 Å². The molecule has 21 heavy (non-hydrogen) atoms. The second-order valence-electron chi connectivity index (χ2n) is 4.79. The first kappa shape index (κ1) is 18.0. The summed E-state index contributed by atoms with van der Waals surface area (Å²) in [6.07, 6.45) is 2.25. The fourth-order valence-electron chi connectivity index (χ4n) is 1.92. The Labute approximate surface area is 129 Å². The van der Waals surface area contributed by atoms with Gasteiger partial charge >= 0.3 is 0 Å². The third-order valence-corrected chi connectivity index (χ3v) is 4.97. The SMILES string of the molecule is CSCC[C@@H](NS(=O)(=O)c1cc(C)cc(C)c1)C(=O)NN. The van der Waals surface area contributed by atoms with Crippen LogP contribution in [0, 0.1) is 13.8 Å². The van der Waals surface area contributed by atoms with Crippen molar-refractivity contribution in [2.75, 3.05) is 12.0 Å². The van der Waals surface area contributed by atoms with Crippen LogP contribution >= 0.6 is 11.8 Å². The topological polar surface area (TPSA) is 101 Å². The van der Waals surface area contributed by atoms with Gasteiger partial charge in [0.25, 0.3) is 5.91 Å². The van der Waals surface area contributed by atoms with Crippen LogP contribution in [0.25, 0.3) is 0 Å². The highest BCUT2D eigenvalue weighted by Crippen LogP contribution is 2.15. The normalized spacial score (nSPS) is 13.0. The van der Waals surface area contributed by atoms with Gasteiger partial charge in [-0.05, 0) is 55.5 Å². The summed E-state index contributed by atoms with van der Waals surface area (Å²) in [6.45, 7) is 3.65. The van der Waals surface area contributed by atoms with Crippen molar-refractivity contribution in [1.82, 2.24) is 10.1 Å². The van der Waals surface area contributed by atoms with Crippen molar-refractivity contribution in [3.05, 3.63) is 29.3 Å². The summed E-state index contributed by atoms with van der Waals surface area (Å²) >= 11 is 1.53. The number of nitrogens with one attached hydrogen (secondary N) is 2. The van der Waals surface area contributed by atoms with Crippen LogP contribution in [0.3, 0.4) is 0 Å². The molecular weight excluding hydrogens is 310 g/mol. The smallest absolute Gasteiger partial charge is 0.252 e. The van der Waals surface area contributed by atoms with E-state index < -0.39 is 22.0 Å². The molecule has 0 saturated carbocycles. The molecule has 0 aliphatic rings. The highest BCUT2D eigenvalue weighted by molar-refractivity contribution is 7.98. The summed E-state index contributed by atoms with van der Waals surface area (Å²) in [5.41, 5.74) is 3.69. The number of carbonyl (C=O) groups is 1. The van der Waals surface area contributed by atoms with Gasteiger partial charge in [-0.3, -0.25) is 10.2 Å². The molecule has 118 valence electrons. The van der Waals surface area contributed by atoms with Gasteiger partial charge in [-0.15, -0.1) is 0 Å². The van der Waals surface area contributed by atoms with E-state index in [-0.39, 0.29) is 4.90 Å². The quantitative estimate of drug-likeness (QED) is 0.388. The molecule has 0 aliphatic heterocycles. The summed E-state index contributed by atoms with van der Waals surface area (Å²) in [7, 11) is -3.77. The Bertz CT molecular complexity index is 582. The Balaban J connectivity index is 3.02. The highest BCUT2D eigenvalue weighted by Gasteiger charge is 2.25. The van der Waals surface area contributed by atoms with Crippen LogP contribution in [0.1, 0.15) is 17.5 Å². The van der Waals surface area contributed by atoms with E-state index in [1.165, 1.54) is 11.8 Å². The molecule has 1 atom stereocenters. The van der Waals surface area contributed by atoms with Crippen molar-refractivity contribution >= 4 is 27.7 Å². The molecule has 1 amide bonds. The Morgan fingerprint density at radius 2 is 1.86 bits per heavy atom. The van der Waals surface area contributed by atoms with Gasteiger partial charge in [0.1, 0.15) is 6.04 Å². The van der Waals surface area contributed by atoms with Gasteiger partial charge in [0.2, 0.25) is 10.0 Å². The maximum atomic E-state index is 12.4. The molecule has 0 fully saturated rings. The Morgan fingerprint density at radius 1 is 1.29 bits per heavy atom. The van der Waals surface area contributed by atoms with Crippen molar-refractivity contribution in [2.45, 2.75) is 31.2 Å². The van der Waals surface area contributed by atoms with E-state index in [0.29, 0.717) is 12.2 Å². The molecule has 6 nitrogen and oxygen atoms in total. The van der Waals surface area contributed by atoms with Gasteiger partial charge in [-0.25, -0.2) is 14.3 Å². The number of carbonyl (C=O) groups excluding carboxylic acids is 1. The van der Waals surface area contributed by atoms with E-state index in [2.05, 4.69) is 4.72 Å². The molecule has 0 radical (unpaired) electrons. The molecule has 0 aliphatic carbocycles. The molecule has 1 aromatic rings. The molecule has 0 saturated heterocycles. The molecule has 8 heteroatoms. The molecule has 1 rings (SSSR count). The Hall–Kier alpha value is -1.09. The van der Waals surface area contributed by atoms with Crippen LogP contribution < -0.4 is 16.0 Å². The second-order valence-corrected chi connectivity index (χ2v) is 7.49. The zero-order valence-electron chi connectivity index (χ0n) is 12.3. The number of hydrogen-bond acceptors (Lipinski definition) is 5. The lowest BCUT2D eigenvalue weighted by atomic mass is 10.2. The molecule has 4 N–H and O–H groups in total. The van der Waals surface area contributed by atoms with Crippen LogP contribution in [-0.2, 0) is 14.8 Å². The van der Waals surface area contributed by atoms with Crippen molar-refractivity contribution in [3.8, 4) is 0 Å². The average molecular weight is 331 g/mol. The summed E-state index contributed by atoms with van der Waals surface area (Å²) in [5, 5.41) is 0. The fraction of sp³-hybridized carbons (Fsp3) is 0.462. The minimum Gasteiger partial charge on any atom is -0.293 e. The van der Waals surface area contributed by atoms with E-state index in [0.717, 1.165) is 11.1 Å². The lowest BCUT2D eigenvalue weighted by molar-refractivity contribution is -0.122. The number of hydrazine groups is 1. The first-order valence-electron chi connectivity index (χ1n) is 6.40. The molecule has 0 aromatic heterocycles. The lowest BCUT2D eigenvalue weighted by Gasteiger charge is -2.17. The van der Waals surface area contributed by atoms with Crippen molar-refractivity contribution < 1.29 is 13.2 Å². The third-order valence-electron chi connectivity index (χ3n) is 2.87. The van der Waals surface area contributed by atoms with Crippen molar-refractivity contribution in [1.29, 1.82) is 0 Å².